The normalized spacial score (nSPS) is 17.2. The summed E-state index contributed by atoms with van der Waals surface area (Å²) in [5.41, 5.74) is 1.05. The Labute approximate surface area is 176 Å². The van der Waals surface area contributed by atoms with Crippen LogP contribution in [0.3, 0.4) is 0 Å². The highest BCUT2D eigenvalue weighted by molar-refractivity contribution is 7.88. The molecule has 30 heavy (non-hydrogen) atoms. The quantitative estimate of drug-likeness (QED) is 0.586. The number of sulfonamides is 1. The molecule has 1 aliphatic carbocycles. The lowest BCUT2D eigenvalue weighted by atomic mass is 10.1. The second kappa shape index (κ2) is 8.35. The van der Waals surface area contributed by atoms with Gasteiger partial charge in [0.05, 0.1) is 12.3 Å². The van der Waals surface area contributed by atoms with Gasteiger partial charge in [0.1, 0.15) is 5.75 Å². The number of likely N-dealkylation sites (tertiary alicyclic amines) is 1. The predicted octanol–water partition coefficient (Wildman–Crippen LogP) is 1.35. The number of carbonyl (C=O) groups excluding carboxylic acids is 1. The molecule has 1 aromatic heterocycles. The summed E-state index contributed by atoms with van der Waals surface area (Å²) in [6.45, 7) is 2.85. The van der Waals surface area contributed by atoms with Crippen molar-refractivity contribution >= 4 is 15.9 Å². The number of hydrogen-bond donors (Lipinski definition) is 0. The van der Waals surface area contributed by atoms with Crippen LogP contribution in [0.15, 0.2) is 28.8 Å². The fourth-order valence-electron chi connectivity index (χ4n) is 3.48. The van der Waals surface area contributed by atoms with Crippen molar-refractivity contribution in [2.45, 2.75) is 38.1 Å². The standard InChI is InChI=1S/C20H26N4O5S/c1-14-4-3-5-17(10-14)28-13-19(25)23-11-16(12-23)24(30(2,26)27)9-8-18-21-20(29-22-18)15-6-7-15/h3-5,10,15-16H,6-9,11-13H2,1-2H3. The monoisotopic (exact) mass is 434 g/mol. The molecule has 2 aromatic rings. The maximum absolute atomic E-state index is 12.4. The number of ether oxygens (including phenoxy) is 1. The molecule has 0 bridgehead atoms. The zero-order valence-corrected chi connectivity index (χ0v) is 18.0. The van der Waals surface area contributed by atoms with Gasteiger partial charge in [-0.25, -0.2) is 8.42 Å². The molecule has 0 atom stereocenters. The molecule has 2 aliphatic rings. The molecule has 1 saturated heterocycles. The van der Waals surface area contributed by atoms with Crippen molar-refractivity contribution in [1.29, 1.82) is 0 Å². The van der Waals surface area contributed by atoms with Gasteiger partial charge >= 0.3 is 0 Å². The van der Waals surface area contributed by atoms with E-state index in [0.29, 0.717) is 42.9 Å². The molecule has 9 nitrogen and oxygen atoms in total. The highest BCUT2D eigenvalue weighted by atomic mass is 32.2. The lowest BCUT2D eigenvalue weighted by Gasteiger charge is -2.44. The molecule has 1 saturated carbocycles. The number of hydrogen-bond acceptors (Lipinski definition) is 7. The van der Waals surface area contributed by atoms with E-state index in [1.54, 1.807) is 11.0 Å². The van der Waals surface area contributed by atoms with E-state index in [4.69, 9.17) is 9.26 Å². The summed E-state index contributed by atoms with van der Waals surface area (Å²) in [6.07, 6.45) is 3.70. The average molecular weight is 435 g/mol. The van der Waals surface area contributed by atoms with E-state index in [2.05, 4.69) is 10.1 Å². The Hall–Kier alpha value is -2.46. The third-order valence-electron chi connectivity index (χ3n) is 5.37. The van der Waals surface area contributed by atoms with Crippen LogP contribution in [-0.2, 0) is 21.2 Å². The van der Waals surface area contributed by atoms with Gasteiger partial charge in [-0.3, -0.25) is 4.79 Å². The fraction of sp³-hybridized carbons (Fsp3) is 0.550. The van der Waals surface area contributed by atoms with Crippen molar-refractivity contribution in [3.05, 3.63) is 41.5 Å². The molecule has 2 fully saturated rings. The number of aromatic nitrogens is 2. The second-order valence-corrected chi connectivity index (χ2v) is 9.94. The summed E-state index contributed by atoms with van der Waals surface area (Å²) in [4.78, 5) is 18.3. The van der Waals surface area contributed by atoms with Gasteiger partial charge in [0.15, 0.2) is 12.4 Å². The van der Waals surface area contributed by atoms with Gasteiger partial charge in [-0.2, -0.15) is 9.29 Å². The zero-order valence-electron chi connectivity index (χ0n) is 17.2. The summed E-state index contributed by atoms with van der Waals surface area (Å²) in [7, 11) is -3.42. The van der Waals surface area contributed by atoms with Gasteiger partial charge in [-0.05, 0) is 37.5 Å². The van der Waals surface area contributed by atoms with Gasteiger partial charge in [0, 0.05) is 32.0 Å². The maximum atomic E-state index is 12.4. The van der Waals surface area contributed by atoms with Gasteiger partial charge < -0.3 is 14.2 Å². The highest BCUT2D eigenvalue weighted by Crippen LogP contribution is 2.38. The molecule has 0 radical (unpaired) electrons. The Balaban J connectivity index is 1.27. The van der Waals surface area contributed by atoms with Gasteiger partial charge in [0.25, 0.3) is 5.91 Å². The van der Waals surface area contributed by atoms with Crippen LogP contribution in [0.2, 0.25) is 0 Å². The first-order chi connectivity index (χ1) is 14.3. The van der Waals surface area contributed by atoms with Crippen molar-refractivity contribution in [3.63, 3.8) is 0 Å². The second-order valence-electron chi connectivity index (χ2n) is 8.00. The minimum atomic E-state index is -3.42. The van der Waals surface area contributed by atoms with E-state index in [0.717, 1.165) is 18.4 Å². The molecule has 0 unspecified atom stereocenters. The third kappa shape index (κ3) is 4.99. The molecule has 0 spiro atoms. The average Bonchev–Trinajstić information content (AvgIpc) is 3.39. The molecule has 4 rings (SSSR count). The molecular weight excluding hydrogens is 408 g/mol. The largest absolute Gasteiger partial charge is 0.484 e. The first kappa shape index (κ1) is 20.8. The van der Waals surface area contributed by atoms with Crippen LogP contribution in [0.5, 0.6) is 5.75 Å². The van der Waals surface area contributed by atoms with Crippen LogP contribution < -0.4 is 4.74 Å². The maximum Gasteiger partial charge on any atom is 0.260 e. The van der Waals surface area contributed by atoms with Crippen LogP contribution in [0.4, 0.5) is 0 Å². The number of carbonyl (C=O) groups is 1. The van der Waals surface area contributed by atoms with Gasteiger partial charge in [0.2, 0.25) is 15.9 Å². The fourth-order valence-corrected chi connectivity index (χ4v) is 4.57. The predicted molar refractivity (Wildman–Crippen MR) is 109 cm³/mol. The number of rotatable bonds is 9. The minimum absolute atomic E-state index is 0.0676. The highest BCUT2D eigenvalue weighted by Gasteiger charge is 2.39. The summed E-state index contributed by atoms with van der Waals surface area (Å²) in [6, 6.07) is 7.24. The van der Waals surface area contributed by atoms with Crippen molar-refractivity contribution in [2.75, 3.05) is 32.5 Å². The Morgan fingerprint density at radius 2 is 2.10 bits per heavy atom. The number of aryl methyl sites for hydroxylation is 1. The lowest BCUT2D eigenvalue weighted by Crippen LogP contribution is -2.63. The van der Waals surface area contributed by atoms with Crippen LogP contribution in [0, 0.1) is 6.92 Å². The summed E-state index contributed by atoms with van der Waals surface area (Å²) in [5.74, 6) is 2.01. The van der Waals surface area contributed by atoms with Crippen molar-refractivity contribution in [2.24, 2.45) is 0 Å². The Kier molecular flexibility index (Phi) is 5.79. The van der Waals surface area contributed by atoms with E-state index in [1.807, 2.05) is 25.1 Å². The topological polar surface area (TPSA) is 106 Å². The van der Waals surface area contributed by atoms with E-state index < -0.39 is 10.0 Å². The van der Waals surface area contributed by atoms with E-state index in [-0.39, 0.29) is 25.1 Å². The molecule has 1 amide bonds. The summed E-state index contributed by atoms with van der Waals surface area (Å²) in [5, 5.41) is 3.95. The Bertz CT molecular complexity index is 1010. The van der Waals surface area contributed by atoms with Crippen molar-refractivity contribution < 1.29 is 22.5 Å². The zero-order chi connectivity index (χ0) is 21.3. The Morgan fingerprint density at radius 3 is 2.77 bits per heavy atom. The van der Waals surface area contributed by atoms with Crippen LogP contribution in [-0.4, -0.2) is 72.2 Å². The van der Waals surface area contributed by atoms with Crippen molar-refractivity contribution in [3.8, 4) is 5.75 Å². The molecular formula is C20H26N4O5S. The summed E-state index contributed by atoms with van der Waals surface area (Å²) >= 11 is 0. The SMILES string of the molecule is Cc1cccc(OCC(=O)N2CC(N(CCc3noc(C4CC4)n3)S(C)(=O)=O)C2)c1. The number of amides is 1. The van der Waals surface area contributed by atoms with E-state index >= 15 is 0 Å². The first-order valence-corrected chi connectivity index (χ1v) is 11.9. The lowest BCUT2D eigenvalue weighted by molar-refractivity contribution is -0.139. The molecule has 162 valence electrons. The molecule has 0 N–H and O–H groups in total. The van der Waals surface area contributed by atoms with Gasteiger partial charge in [-0.15, -0.1) is 0 Å². The van der Waals surface area contributed by atoms with E-state index in [1.165, 1.54) is 10.6 Å². The molecule has 1 aromatic carbocycles. The van der Waals surface area contributed by atoms with Crippen LogP contribution in [0.25, 0.3) is 0 Å². The third-order valence-corrected chi connectivity index (χ3v) is 6.70. The number of benzene rings is 1. The first-order valence-electron chi connectivity index (χ1n) is 10.1. The number of nitrogens with zero attached hydrogens (tertiary/aromatic N) is 4. The van der Waals surface area contributed by atoms with Gasteiger partial charge in [-0.1, -0.05) is 17.3 Å². The van der Waals surface area contributed by atoms with Crippen LogP contribution in [0.1, 0.15) is 36.0 Å². The molecule has 10 heteroatoms. The van der Waals surface area contributed by atoms with E-state index in [9.17, 15) is 13.2 Å². The minimum Gasteiger partial charge on any atom is -0.484 e. The smallest absolute Gasteiger partial charge is 0.260 e. The Morgan fingerprint density at radius 1 is 1.33 bits per heavy atom. The molecule has 2 heterocycles. The summed E-state index contributed by atoms with van der Waals surface area (Å²) < 4.78 is 36.7. The molecule has 1 aliphatic heterocycles. The van der Waals surface area contributed by atoms with Crippen LogP contribution >= 0.6 is 0 Å². The van der Waals surface area contributed by atoms with Crippen molar-refractivity contribution in [1.82, 2.24) is 19.3 Å².